The molecule has 2 rings (SSSR count). The second kappa shape index (κ2) is 7.42. The molecule has 8 heteroatoms. The Morgan fingerprint density at radius 2 is 2.18 bits per heavy atom. The third-order valence-electron chi connectivity index (χ3n) is 3.35. The van der Waals surface area contributed by atoms with E-state index < -0.39 is 18.0 Å². The maximum absolute atomic E-state index is 13.3. The number of amides is 2. The van der Waals surface area contributed by atoms with Crippen LogP contribution in [-0.4, -0.2) is 35.9 Å². The summed E-state index contributed by atoms with van der Waals surface area (Å²) in [7, 11) is 0. The van der Waals surface area contributed by atoms with Gasteiger partial charge < -0.3 is 20.5 Å². The van der Waals surface area contributed by atoms with Gasteiger partial charge in [-0.15, -0.1) is 0 Å². The van der Waals surface area contributed by atoms with Gasteiger partial charge in [0.15, 0.2) is 0 Å². The number of hydrogen-bond acceptors (Lipinski definition) is 3. The van der Waals surface area contributed by atoms with Gasteiger partial charge >= 0.3 is 6.09 Å². The van der Waals surface area contributed by atoms with Gasteiger partial charge in [0.2, 0.25) is 5.91 Å². The van der Waals surface area contributed by atoms with E-state index in [2.05, 4.69) is 10.6 Å². The Kier molecular flexibility index (Phi) is 5.57. The summed E-state index contributed by atoms with van der Waals surface area (Å²) in [6, 6.07) is 4.02. The molecule has 2 atom stereocenters. The average molecular weight is 331 g/mol. The Bertz CT molecular complexity index is 562. The van der Waals surface area contributed by atoms with Crippen LogP contribution in [0.1, 0.15) is 18.4 Å². The Balaban J connectivity index is 1.78. The predicted molar refractivity (Wildman–Crippen MR) is 77.2 cm³/mol. The standard InChI is InChI=1S/C14H16ClFN2O4/c15-10-3-1-8(5-11(10)16)6-17-13(19)12-4-2-9(7-22-12)18-14(20)21/h1,3,5,9,12,18H,2,4,6-7H2,(H,17,19)(H,20,21)/t9-,12+/m1/s1. The number of carboxylic acid groups (broad SMARTS) is 1. The van der Waals surface area contributed by atoms with Crippen molar-refractivity contribution >= 4 is 23.6 Å². The van der Waals surface area contributed by atoms with E-state index in [1.807, 2.05) is 0 Å². The van der Waals surface area contributed by atoms with Crippen LogP contribution in [0.25, 0.3) is 0 Å². The molecule has 6 nitrogen and oxygen atoms in total. The Morgan fingerprint density at radius 1 is 1.41 bits per heavy atom. The van der Waals surface area contributed by atoms with Gasteiger partial charge in [-0.2, -0.15) is 0 Å². The van der Waals surface area contributed by atoms with Crippen molar-refractivity contribution in [1.82, 2.24) is 10.6 Å². The monoisotopic (exact) mass is 330 g/mol. The number of halogens is 2. The lowest BCUT2D eigenvalue weighted by Gasteiger charge is -2.28. The molecule has 1 aromatic carbocycles. The molecule has 0 bridgehead atoms. The molecule has 0 saturated carbocycles. The van der Waals surface area contributed by atoms with Gasteiger partial charge in [-0.05, 0) is 30.5 Å². The summed E-state index contributed by atoms with van der Waals surface area (Å²) in [4.78, 5) is 22.5. The van der Waals surface area contributed by atoms with E-state index in [1.165, 1.54) is 12.1 Å². The van der Waals surface area contributed by atoms with E-state index in [0.717, 1.165) is 0 Å². The van der Waals surface area contributed by atoms with Crippen LogP contribution in [0.2, 0.25) is 5.02 Å². The van der Waals surface area contributed by atoms with Gasteiger partial charge in [-0.3, -0.25) is 4.79 Å². The van der Waals surface area contributed by atoms with Gasteiger partial charge in [0.25, 0.3) is 0 Å². The summed E-state index contributed by atoms with van der Waals surface area (Å²) in [5.41, 5.74) is 0.594. The third-order valence-corrected chi connectivity index (χ3v) is 3.65. The van der Waals surface area contributed by atoms with Crippen LogP contribution < -0.4 is 10.6 Å². The number of carbonyl (C=O) groups excluding carboxylic acids is 1. The minimum absolute atomic E-state index is 0.0302. The molecular weight excluding hydrogens is 315 g/mol. The van der Waals surface area contributed by atoms with Gasteiger partial charge in [-0.25, -0.2) is 9.18 Å². The van der Waals surface area contributed by atoms with Crippen molar-refractivity contribution in [2.45, 2.75) is 31.5 Å². The molecule has 1 fully saturated rings. The van der Waals surface area contributed by atoms with Crippen LogP contribution in [0.3, 0.4) is 0 Å². The molecular formula is C14H16ClFN2O4. The lowest BCUT2D eigenvalue weighted by Crippen LogP contribution is -2.46. The van der Waals surface area contributed by atoms with Crippen molar-refractivity contribution in [3.05, 3.63) is 34.6 Å². The highest BCUT2D eigenvalue weighted by Gasteiger charge is 2.27. The molecule has 1 aromatic rings. The minimum Gasteiger partial charge on any atom is -0.465 e. The van der Waals surface area contributed by atoms with Gasteiger partial charge in [0.1, 0.15) is 11.9 Å². The topological polar surface area (TPSA) is 87.7 Å². The molecule has 0 radical (unpaired) electrons. The highest BCUT2D eigenvalue weighted by molar-refractivity contribution is 6.30. The molecule has 3 N–H and O–H groups in total. The zero-order chi connectivity index (χ0) is 16.1. The summed E-state index contributed by atoms with van der Waals surface area (Å²) in [6.07, 6.45) is -0.781. The highest BCUT2D eigenvalue weighted by Crippen LogP contribution is 2.16. The second-order valence-corrected chi connectivity index (χ2v) is 5.42. The van der Waals surface area contributed by atoms with Gasteiger partial charge in [-0.1, -0.05) is 17.7 Å². The normalized spacial score (nSPS) is 21.2. The minimum atomic E-state index is -1.11. The van der Waals surface area contributed by atoms with Crippen molar-refractivity contribution in [2.75, 3.05) is 6.61 Å². The first-order valence-corrected chi connectivity index (χ1v) is 7.16. The van der Waals surface area contributed by atoms with Gasteiger partial charge in [0, 0.05) is 6.54 Å². The van der Waals surface area contributed by atoms with Crippen molar-refractivity contribution in [1.29, 1.82) is 0 Å². The lowest BCUT2D eigenvalue weighted by molar-refractivity contribution is -0.136. The molecule has 22 heavy (non-hydrogen) atoms. The van der Waals surface area contributed by atoms with E-state index in [4.69, 9.17) is 21.4 Å². The SMILES string of the molecule is O=C(O)N[C@@H]1CC[C@@H](C(=O)NCc2ccc(Cl)c(F)c2)OC1. The van der Waals surface area contributed by atoms with Gasteiger partial charge in [0.05, 0.1) is 17.7 Å². The fourth-order valence-electron chi connectivity index (χ4n) is 2.20. The largest absolute Gasteiger partial charge is 0.465 e. The van der Waals surface area contributed by atoms with Crippen molar-refractivity contribution in [3.63, 3.8) is 0 Å². The average Bonchev–Trinajstić information content (AvgIpc) is 2.48. The Labute approximate surface area is 131 Å². The molecule has 1 aliphatic heterocycles. The maximum atomic E-state index is 13.3. The Hall–Kier alpha value is -1.86. The Morgan fingerprint density at radius 3 is 2.77 bits per heavy atom. The molecule has 1 heterocycles. The van der Waals surface area contributed by atoms with Crippen LogP contribution in [0.15, 0.2) is 18.2 Å². The fraction of sp³-hybridized carbons (Fsp3) is 0.429. The smallest absolute Gasteiger partial charge is 0.404 e. The molecule has 0 unspecified atom stereocenters. The van der Waals surface area contributed by atoms with Crippen LogP contribution in [0, 0.1) is 5.82 Å². The molecule has 0 aromatic heterocycles. The number of rotatable bonds is 4. The van der Waals surface area contributed by atoms with E-state index >= 15 is 0 Å². The quantitative estimate of drug-likeness (QED) is 0.787. The first-order valence-electron chi connectivity index (χ1n) is 6.78. The fourth-order valence-corrected chi connectivity index (χ4v) is 2.32. The zero-order valence-corrected chi connectivity index (χ0v) is 12.4. The summed E-state index contributed by atoms with van der Waals surface area (Å²) in [5.74, 6) is -0.839. The van der Waals surface area contributed by atoms with E-state index in [1.54, 1.807) is 6.07 Å². The van der Waals surface area contributed by atoms with Crippen LogP contribution in [-0.2, 0) is 16.1 Å². The summed E-state index contributed by atoms with van der Waals surface area (Å²) in [5, 5.41) is 13.6. The van der Waals surface area contributed by atoms with E-state index in [-0.39, 0.29) is 30.1 Å². The van der Waals surface area contributed by atoms with Crippen molar-refractivity contribution < 1.29 is 23.8 Å². The van der Waals surface area contributed by atoms with Crippen molar-refractivity contribution in [2.24, 2.45) is 0 Å². The number of carbonyl (C=O) groups is 2. The molecule has 0 spiro atoms. The van der Waals surface area contributed by atoms with E-state index in [0.29, 0.717) is 18.4 Å². The predicted octanol–water partition coefficient (Wildman–Crippen LogP) is 1.91. The number of ether oxygens (including phenoxy) is 1. The molecule has 1 aliphatic rings. The number of hydrogen-bond donors (Lipinski definition) is 3. The summed E-state index contributed by atoms with van der Waals surface area (Å²) in [6.45, 7) is 0.323. The third kappa shape index (κ3) is 4.57. The maximum Gasteiger partial charge on any atom is 0.404 e. The second-order valence-electron chi connectivity index (χ2n) is 5.01. The van der Waals surface area contributed by atoms with Crippen molar-refractivity contribution in [3.8, 4) is 0 Å². The van der Waals surface area contributed by atoms with Crippen LogP contribution >= 0.6 is 11.6 Å². The van der Waals surface area contributed by atoms with Crippen LogP contribution in [0.4, 0.5) is 9.18 Å². The zero-order valence-electron chi connectivity index (χ0n) is 11.6. The summed E-state index contributed by atoms with van der Waals surface area (Å²) >= 11 is 5.58. The number of benzene rings is 1. The first kappa shape index (κ1) is 16.5. The highest BCUT2D eigenvalue weighted by atomic mass is 35.5. The molecule has 2 amide bonds. The first-order chi connectivity index (χ1) is 10.5. The van der Waals surface area contributed by atoms with Crippen LogP contribution in [0.5, 0.6) is 0 Å². The molecule has 120 valence electrons. The lowest BCUT2D eigenvalue weighted by atomic mass is 10.0. The summed E-state index contributed by atoms with van der Waals surface area (Å²) < 4.78 is 18.6. The molecule has 0 aliphatic carbocycles. The molecule has 1 saturated heterocycles. The number of nitrogens with one attached hydrogen (secondary N) is 2. The van der Waals surface area contributed by atoms with E-state index in [9.17, 15) is 14.0 Å².